The molecule has 0 fully saturated rings. The molecule has 0 spiro atoms. The fraction of sp³-hybridized carbons (Fsp3) is 0. The second-order valence-corrected chi connectivity index (χ2v) is 14.0. The van der Waals surface area contributed by atoms with E-state index in [0.717, 1.165) is 94.4 Å². The van der Waals surface area contributed by atoms with Crippen LogP contribution >= 0.6 is 0 Å². The summed E-state index contributed by atoms with van der Waals surface area (Å²) in [6.07, 6.45) is 0. The lowest BCUT2D eigenvalue weighted by Gasteiger charge is -2.26. The first kappa shape index (κ1) is 33.2. The molecular formula is C52H34FN3. The number of fused-ring (bicyclic) bond motifs is 5. The maximum atomic E-state index is 14.1. The van der Waals surface area contributed by atoms with Crippen molar-refractivity contribution in [2.45, 2.75) is 0 Å². The topological polar surface area (TPSA) is 29.0 Å². The van der Waals surface area contributed by atoms with Crippen molar-refractivity contribution in [2.24, 2.45) is 0 Å². The highest BCUT2D eigenvalue weighted by Crippen LogP contribution is 2.39. The molecule has 0 saturated carbocycles. The van der Waals surface area contributed by atoms with Crippen molar-refractivity contribution in [2.75, 3.05) is 4.90 Å². The quantitative estimate of drug-likeness (QED) is 0.154. The van der Waals surface area contributed by atoms with E-state index < -0.39 is 0 Å². The van der Waals surface area contributed by atoms with E-state index in [9.17, 15) is 4.39 Å². The van der Waals surface area contributed by atoms with Gasteiger partial charge in [0.05, 0.1) is 22.4 Å². The summed E-state index contributed by atoms with van der Waals surface area (Å²) in [6.45, 7) is 0. The third-order valence-corrected chi connectivity index (χ3v) is 10.5. The van der Waals surface area contributed by atoms with Crippen LogP contribution in [0.5, 0.6) is 0 Å². The van der Waals surface area contributed by atoms with Gasteiger partial charge in [0.2, 0.25) is 0 Å². The molecule has 0 bridgehead atoms. The van der Waals surface area contributed by atoms with Crippen LogP contribution in [0.4, 0.5) is 21.5 Å². The van der Waals surface area contributed by atoms with Gasteiger partial charge in [-0.2, -0.15) is 0 Å². The Hall–Kier alpha value is -7.43. The highest BCUT2D eigenvalue weighted by atomic mass is 19.1. The summed E-state index contributed by atoms with van der Waals surface area (Å²) in [6, 6.07) is 70.0. The number of aromatic nitrogens is 2. The number of nitrogens with zero attached hydrogens (tertiary/aromatic N) is 3. The van der Waals surface area contributed by atoms with Crippen LogP contribution in [0, 0.1) is 5.82 Å². The zero-order valence-corrected chi connectivity index (χ0v) is 30.3. The normalized spacial score (nSPS) is 11.3. The van der Waals surface area contributed by atoms with Gasteiger partial charge in [-0.25, -0.2) is 14.4 Å². The molecule has 56 heavy (non-hydrogen) atoms. The standard InChI is InChI=1S/C52H34FN3/c53-43-24-30-46(31-25-43)56(44-26-18-36(19-27-44)35-10-4-1-5-11-35)45-28-20-37(21-29-45)41-22-32-47-42(34-41)17-16-38-23-33-48-52(49(38)47)55-51(40-14-8-3-9-15-40)50(54-48)39-12-6-2-7-13-39/h1-34H. The van der Waals surface area contributed by atoms with Crippen LogP contribution in [0.25, 0.3) is 77.3 Å². The first-order valence-corrected chi connectivity index (χ1v) is 18.8. The maximum absolute atomic E-state index is 14.1. The van der Waals surface area contributed by atoms with Gasteiger partial charge in [0.15, 0.2) is 0 Å². The summed E-state index contributed by atoms with van der Waals surface area (Å²) < 4.78 is 14.1. The third kappa shape index (κ3) is 6.13. The molecular weight excluding hydrogens is 686 g/mol. The summed E-state index contributed by atoms with van der Waals surface area (Å²) in [5.74, 6) is -0.263. The zero-order chi connectivity index (χ0) is 37.4. The van der Waals surface area contributed by atoms with Gasteiger partial charge < -0.3 is 4.90 Å². The fourth-order valence-corrected chi connectivity index (χ4v) is 7.72. The average Bonchev–Trinajstić information content (AvgIpc) is 3.27. The summed E-state index contributed by atoms with van der Waals surface area (Å²) in [7, 11) is 0. The van der Waals surface area contributed by atoms with Crippen molar-refractivity contribution < 1.29 is 4.39 Å². The number of anilines is 3. The van der Waals surface area contributed by atoms with Gasteiger partial charge in [-0.15, -0.1) is 0 Å². The van der Waals surface area contributed by atoms with Gasteiger partial charge >= 0.3 is 0 Å². The van der Waals surface area contributed by atoms with Crippen LogP contribution < -0.4 is 4.90 Å². The number of halogens is 1. The van der Waals surface area contributed by atoms with Crippen molar-refractivity contribution in [1.29, 1.82) is 0 Å². The Bertz CT molecular complexity index is 2980. The predicted molar refractivity (Wildman–Crippen MR) is 231 cm³/mol. The maximum Gasteiger partial charge on any atom is 0.123 e. The Morgan fingerprint density at radius 2 is 0.804 bits per heavy atom. The number of hydrogen-bond acceptors (Lipinski definition) is 3. The summed E-state index contributed by atoms with van der Waals surface area (Å²) >= 11 is 0. The molecule has 1 aromatic heterocycles. The van der Waals surface area contributed by atoms with E-state index in [4.69, 9.17) is 9.97 Å². The van der Waals surface area contributed by atoms with Crippen molar-refractivity contribution in [3.05, 3.63) is 212 Å². The van der Waals surface area contributed by atoms with E-state index >= 15 is 0 Å². The van der Waals surface area contributed by atoms with Crippen molar-refractivity contribution in [3.63, 3.8) is 0 Å². The Labute approximate surface area is 324 Å². The first-order chi connectivity index (χ1) is 27.7. The van der Waals surface area contributed by atoms with Gasteiger partial charge in [-0.3, -0.25) is 0 Å². The van der Waals surface area contributed by atoms with Crippen LogP contribution in [0.2, 0.25) is 0 Å². The summed E-state index contributed by atoms with van der Waals surface area (Å²) in [5, 5.41) is 4.49. The minimum absolute atomic E-state index is 0.263. The minimum Gasteiger partial charge on any atom is -0.311 e. The predicted octanol–water partition coefficient (Wildman–Crippen LogP) is 14.2. The van der Waals surface area contributed by atoms with E-state index in [2.05, 4.69) is 132 Å². The molecule has 10 aromatic rings. The molecule has 0 N–H and O–H groups in total. The SMILES string of the molecule is Fc1ccc(N(c2ccc(-c3ccccc3)cc2)c2ccc(-c3ccc4c(ccc5ccc6nc(-c7ccccc7)c(-c7ccccc7)nc6c54)c3)cc2)cc1. The molecule has 0 unspecified atom stereocenters. The molecule has 264 valence electrons. The average molecular weight is 720 g/mol. The third-order valence-electron chi connectivity index (χ3n) is 10.5. The molecule has 0 atom stereocenters. The highest BCUT2D eigenvalue weighted by molar-refractivity contribution is 6.19. The van der Waals surface area contributed by atoms with Gasteiger partial charge in [0.1, 0.15) is 5.82 Å². The molecule has 0 radical (unpaired) electrons. The van der Waals surface area contributed by atoms with E-state index in [-0.39, 0.29) is 5.82 Å². The van der Waals surface area contributed by atoms with Crippen LogP contribution in [0.15, 0.2) is 206 Å². The first-order valence-electron chi connectivity index (χ1n) is 18.8. The van der Waals surface area contributed by atoms with E-state index in [0.29, 0.717) is 0 Å². The second kappa shape index (κ2) is 14.1. The molecule has 4 heteroatoms. The summed E-state index contributed by atoms with van der Waals surface area (Å²) in [5.41, 5.74) is 12.9. The van der Waals surface area contributed by atoms with Crippen LogP contribution in [0.1, 0.15) is 0 Å². The lowest BCUT2D eigenvalue weighted by Crippen LogP contribution is -2.09. The minimum atomic E-state index is -0.263. The van der Waals surface area contributed by atoms with Gasteiger partial charge in [-0.05, 0) is 99.1 Å². The molecule has 3 nitrogen and oxygen atoms in total. The van der Waals surface area contributed by atoms with Crippen molar-refractivity contribution in [3.8, 4) is 44.8 Å². The van der Waals surface area contributed by atoms with Crippen LogP contribution in [-0.2, 0) is 0 Å². The Morgan fingerprint density at radius 3 is 1.39 bits per heavy atom. The lowest BCUT2D eigenvalue weighted by molar-refractivity contribution is 0.628. The molecule has 1 heterocycles. The van der Waals surface area contributed by atoms with Gasteiger partial charge in [0.25, 0.3) is 0 Å². The molecule has 10 rings (SSSR count). The van der Waals surface area contributed by atoms with E-state index in [1.807, 2.05) is 66.7 Å². The number of hydrogen-bond donors (Lipinski definition) is 0. The molecule has 9 aromatic carbocycles. The molecule has 0 aliphatic carbocycles. The Kier molecular flexibility index (Phi) is 8.34. The van der Waals surface area contributed by atoms with Crippen molar-refractivity contribution in [1.82, 2.24) is 9.97 Å². The highest BCUT2D eigenvalue weighted by Gasteiger charge is 2.17. The Morgan fingerprint density at radius 1 is 0.357 bits per heavy atom. The van der Waals surface area contributed by atoms with Gasteiger partial charge in [-0.1, -0.05) is 146 Å². The molecule has 0 aliphatic rings. The second-order valence-electron chi connectivity index (χ2n) is 14.0. The van der Waals surface area contributed by atoms with Crippen LogP contribution in [0.3, 0.4) is 0 Å². The Balaban J connectivity index is 1.04. The number of rotatable bonds is 7. The van der Waals surface area contributed by atoms with E-state index in [1.54, 1.807) is 0 Å². The number of benzene rings is 9. The molecule has 0 amide bonds. The van der Waals surface area contributed by atoms with Crippen molar-refractivity contribution >= 4 is 49.6 Å². The zero-order valence-electron chi connectivity index (χ0n) is 30.3. The van der Waals surface area contributed by atoms with Gasteiger partial charge in [0, 0.05) is 33.6 Å². The van der Waals surface area contributed by atoms with Crippen LogP contribution in [-0.4, -0.2) is 9.97 Å². The molecule has 0 aliphatic heterocycles. The fourth-order valence-electron chi connectivity index (χ4n) is 7.72. The lowest BCUT2D eigenvalue weighted by atomic mass is 9.96. The van der Waals surface area contributed by atoms with E-state index in [1.165, 1.54) is 12.1 Å². The monoisotopic (exact) mass is 719 g/mol. The largest absolute Gasteiger partial charge is 0.311 e. The smallest absolute Gasteiger partial charge is 0.123 e. The summed E-state index contributed by atoms with van der Waals surface area (Å²) in [4.78, 5) is 12.8. The molecule has 0 saturated heterocycles.